The van der Waals surface area contributed by atoms with Gasteiger partial charge in [0.2, 0.25) is 5.91 Å². The van der Waals surface area contributed by atoms with Gasteiger partial charge in [0.05, 0.1) is 0 Å². The molecule has 0 radical (unpaired) electrons. The van der Waals surface area contributed by atoms with E-state index in [0.717, 1.165) is 18.2 Å². The van der Waals surface area contributed by atoms with Crippen LogP contribution in [0, 0.1) is 5.92 Å². The van der Waals surface area contributed by atoms with Crippen molar-refractivity contribution in [3.8, 4) is 0 Å². The number of carbonyl (C=O) groups excluding carboxylic acids is 2. The van der Waals surface area contributed by atoms with Gasteiger partial charge in [0, 0.05) is 25.1 Å². The highest BCUT2D eigenvalue weighted by Gasteiger charge is 2.36. The molecule has 0 saturated carbocycles. The van der Waals surface area contributed by atoms with Crippen LogP contribution in [0.5, 0.6) is 0 Å². The molecule has 1 heterocycles. The minimum absolute atomic E-state index is 0.0162. The lowest BCUT2D eigenvalue weighted by Crippen LogP contribution is -2.44. The average molecular weight is 273 g/mol. The lowest BCUT2D eigenvalue weighted by atomic mass is 10.1. The maximum Gasteiger partial charge on any atom is 0.326 e. The summed E-state index contributed by atoms with van der Waals surface area (Å²) < 4.78 is 0. The Kier molecular flexibility index (Phi) is 5.65. The summed E-state index contributed by atoms with van der Waals surface area (Å²) in [5.74, 6) is -0.891. The van der Waals surface area contributed by atoms with Gasteiger partial charge in [-0.3, -0.25) is 9.59 Å². The highest BCUT2D eigenvalue weighted by Crippen LogP contribution is 2.23. The van der Waals surface area contributed by atoms with Crippen molar-refractivity contribution in [2.75, 3.05) is 12.3 Å². The van der Waals surface area contributed by atoms with E-state index in [-0.39, 0.29) is 16.9 Å². The number of likely N-dealkylation sites (tertiary alicyclic amines) is 1. The first kappa shape index (κ1) is 15.0. The number of carbonyl (C=O) groups is 3. The van der Waals surface area contributed by atoms with Gasteiger partial charge < -0.3 is 10.0 Å². The van der Waals surface area contributed by atoms with Crippen LogP contribution in [0.2, 0.25) is 0 Å². The van der Waals surface area contributed by atoms with Crippen LogP contribution in [0.4, 0.5) is 0 Å². The maximum absolute atomic E-state index is 12.2. The SMILES string of the molecule is CC[C@H](CSC(C)=O)C(=O)N1CCC[C@H]1C(=O)O. The molecule has 6 heteroatoms. The fourth-order valence-electron chi connectivity index (χ4n) is 2.10. The van der Waals surface area contributed by atoms with Gasteiger partial charge in [-0.25, -0.2) is 4.79 Å². The van der Waals surface area contributed by atoms with E-state index in [1.807, 2.05) is 6.92 Å². The summed E-state index contributed by atoms with van der Waals surface area (Å²) >= 11 is 1.13. The van der Waals surface area contributed by atoms with Gasteiger partial charge >= 0.3 is 5.97 Å². The summed E-state index contributed by atoms with van der Waals surface area (Å²) in [7, 11) is 0. The van der Waals surface area contributed by atoms with Crippen LogP contribution in [0.15, 0.2) is 0 Å². The molecule has 0 aromatic heterocycles. The number of hydrogen-bond acceptors (Lipinski definition) is 4. The summed E-state index contributed by atoms with van der Waals surface area (Å²) in [6.45, 7) is 3.86. The predicted octanol–water partition coefficient (Wildman–Crippen LogP) is 1.37. The number of carboxylic acids is 1. The summed E-state index contributed by atoms with van der Waals surface area (Å²) in [4.78, 5) is 35.7. The molecule has 2 atom stereocenters. The zero-order valence-corrected chi connectivity index (χ0v) is 11.5. The summed E-state index contributed by atoms with van der Waals surface area (Å²) in [5, 5.41) is 9.04. The molecule has 0 aromatic rings. The molecule has 1 amide bonds. The quantitative estimate of drug-likeness (QED) is 0.818. The monoisotopic (exact) mass is 273 g/mol. The predicted molar refractivity (Wildman–Crippen MR) is 69.3 cm³/mol. The van der Waals surface area contributed by atoms with E-state index in [1.54, 1.807) is 0 Å². The second kappa shape index (κ2) is 6.78. The normalized spacial score (nSPS) is 20.8. The number of amides is 1. The van der Waals surface area contributed by atoms with Crippen LogP contribution >= 0.6 is 11.8 Å². The molecule has 1 N–H and O–H groups in total. The van der Waals surface area contributed by atoms with Crippen molar-refractivity contribution in [1.29, 1.82) is 0 Å². The van der Waals surface area contributed by atoms with E-state index < -0.39 is 12.0 Å². The van der Waals surface area contributed by atoms with Crippen molar-refractivity contribution in [2.24, 2.45) is 5.92 Å². The van der Waals surface area contributed by atoms with Crippen molar-refractivity contribution >= 4 is 28.8 Å². The Morgan fingerprint density at radius 1 is 1.44 bits per heavy atom. The molecule has 1 aliphatic heterocycles. The molecular formula is C12H19NO4S. The van der Waals surface area contributed by atoms with Gasteiger partial charge in [-0.05, 0) is 19.3 Å². The number of thioether (sulfide) groups is 1. The van der Waals surface area contributed by atoms with E-state index in [0.29, 0.717) is 25.1 Å². The summed E-state index contributed by atoms with van der Waals surface area (Å²) in [6, 6.07) is -0.686. The Labute approximate surface area is 111 Å². The van der Waals surface area contributed by atoms with Gasteiger partial charge in [0.25, 0.3) is 0 Å². The highest BCUT2D eigenvalue weighted by molar-refractivity contribution is 8.13. The van der Waals surface area contributed by atoms with Crippen LogP contribution in [0.25, 0.3) is 0 Å². The van der Waals surface area contributed by atoms with Crippen molar-refractivity contribution < 1.29 is 19.5 Å². The Morgan fingerprint density at radius 3 is 2.61 bits per heavy atom. The topological polar surface area (TPSA) is 74.7 Å². The smallest absolute Gasteiger partial charge is 0.326 e. The number of hydrogen-bond donors (Lipinski definition) is 1. The molecule has 1 fully saturated rings. The largest absolute Gasteiger partial charge is 0.480 e. The first-order valence-electron chi connectivity index (χ1n) is 6.14. The molecule has 1 rings (SSSR count). The lowest BCUT2D eigenvalue weighted by Gasteiger charge is -2.25. The molecule has 102 valence electrons. The molecule has 0 aromatic carbocycles. The van der Waals surface area contributed by atoms with E-state index in [1.165, 1.54) is 11.8 Å². The molecule has 0 bridgehead atoms. The molecule has 1 aliphatic rings. The third kappa shape index (κ3) is 3.73. The fourth-order valence-corrected chi connectivity index (χ4v) is 2.92. The van der Waals surface area contributed by atoms with Crippen LogP contribution in [0.1, 0.15) is 33.1 Å². The minimum Gasteiger partial charge on any atom is -0.480 e. The van der Waals surface area contributed by atoms with Crippen LogP contribution < -0.4 is 0 Å². The van der Waals surface area contributed by atoms with Gasteiger partial charge in [-0.1, -0.05) is 18.7 Å². The third-order valence-electron chi connectivity index (χ3n) is 3.15. The number of carboxylic acid groups (broad SMARTS) is 1. The second-order valence-electron chi connectivity index (χ2n) is 4.44. The van der Waals surface area contributed by atoms with Crippen molar-refractivity contribution in [3.05, 3.63) is 0 Å². The van der Waals surface area contributed by atoms with Gasteiger partial charge in [-0.2, -0.15) is 0 Å². The highest BCUT2D eigenvalue weighted by atomic mass is 32.2. The van der Waals surface area contributed by atoms with E-state index in [4.69, 9.17) is 5.11 Å². The second-order valence-corrected chi connectivity index (χ2v) is 5.63. The zero-order valence-electron chi connectivity index (χ0n) is 10.7. The van der Waals surface area contributed by atoms with Gasteiger partial charge in [0.1, 0.15) is 6.04 Å². The molecule has 1 saturated heterocycles. The summed E-state index contributed by atoms with van der Waals surface area (Å²) in [5.41, 5.74) is 0. The molecule has 18 heavy (non-hydrogen) atoms. The van der Waals surface area contributed by atoms with Crippen molar-refractivity contribution in [3.63, 3.8) is 0 Å². The molecule has 0 unspecified atom stereocenters. The molecular weight excluding hydrogens is 254 g/mol. The van der Waals surface area contributed by atoms with Crippen LogP contribution in [-0.4, -0.2) is 45.3 Å². The first-order chi connectivity index (χ1) is 8.47. The Morgan fingerprint density at radius 2 is 2.11 bits per heavy atom. The van der Waals surface area contributed by atoms with E-state index in [9.17, 15) is 14.4 Å². The maximum atomic E-state index is 12.2. The fraction of sp³-hybridized carbons (Fsp3) is 0.750. The Hall–Kier alpha value is -1.04. The molecule has 5 nitrogen and oxygen atoms in total. The number of nitrogens with zero attached hydrogens (tertiary/aromatic N) is 1. The number of rotatable bonds is 5. The average Bonchev–Trinajstić information content (AvgIpc) is 2.77. The van der Waals surface area contributed by atoms with Crippen molar-refractivity contribution in [2.45, 2.75) is 39.2 Å². The van der Waals surface area contributed by atoms with Crippen LogP contribution in [0.3, 0.4) is 0 Å². The minimum atomic E-state index is -0.935. The first-order valence-corrected chi connectivity index (χ1v) is 7.12. The number of aliphatic carboxylic acids is 1. The lowest BCUT2D eigenvalue weighted by molar-refractivity contribution is -0.149. The molecule has 0 aliphatic carbocycles. The summed E-state index contributed by atoms with van der Waals surface area (Å²) in [6.07, 6.45) is 1.89. The molecule has 0 spiro atoms. The van der Waals surface area contributed by atoms with Gasteiger partial charge in [-0.15, -0.1) is 0 Å². The van der Waals surface area contributed by atoms with E-state index in [2.05, 4.69) is 0 Å². The third-order valence-corrected chi connectivity index (χ3v) is 4.13. The van der Waals surface area contributed by atoms with E-state index >= 15 is 0 Å². The van der Waals surface area contributed by atoms with Crippen molar-refractivity contribution in [1.82, 2.24) is 4.90 Å². The zero-order chi connectivity index (χ0) is 13.7. The van der Waals surface area contributed by atoms with Gasteiger partial charge in [0.15, 0.2) is 5.12 Å². The Bertz CT molecular complexity index is 345. The Balaban J connectivity index is 2.65. The standard InChI is InChI=1S/C12H19NO4S/c1-3-9(7-18-8(2)14)11(15)13-6-4-5-10(13)12(16)17/h9-10H,3-7H2,1-2H3,(H,16,17)/t9-,10+/m1/s1. The van der Waals surface area contributed by atoms with Crippen LogP contribution in [-0.2, 0) is 14.4 Å².